The van der Waals surface area contributed by atoms with Gasteiger partial charge in [0, 0.05) is 53.7 Å². The summed E-state index contributed by atoms with van der Waals surface area (Å²) in [5.41, 5.74) is 1.17. The number of ether oxygens (including phenoxy) is 1. The van der Waals surface area contributed by atoms with Gasteiger partial charge in [0.2, 0.25) is 11.8 Å². The van der Waals surface area contributed by atoms with Crippen LogP contribution in [0.4, 0.5) is 0 Å². The Bertz CT molecular complexity index is 571. The van der Waals surface area contributed by atoms with Crippen LogP contribution in [-0.4, -0.2) is 73.9 Å². The summed E-state index contributed by atoms with van der Waals surface area (Å²) in [4.78, 5) is 29.9. The van der Waals surface area contributed by atoms with Crippen molar-refractivity contribution >= 4 is 11.8 Å². The molecule has 0 aliphatic carbocycles. The maximum Gasteiger partial charge on any atom is 0.228 e. The zero-order valence-corrected chi connectivity index (χ0v) is 15.0. The molecule has 0 aromatic heterocycles. The second kappa shape index (κ2) is 8.15. The van der Waals surface area contributed by atoms with Crippen LogP contribution in [0.5, 0.6) is 5.75 Å². The SMILES string of the molecule is COc1ccc(CN2CCN(C(C)=O)CC(C(=O)N(C)C)C2)cc1. The third kappa shape index (κ3) is 4.71. The molecule has 1 saturated heterocycles. The van der Waals surface area contributed by atoms with Gasteiger partial charge in [0.15, 0.2) is 0 Å². The van der Waals surface area contributed by atoms with Crippen molar-refractivity contribution in [2.75, 3.05) is 47.4 Å². The van der Waals surface area contributed by atoms with E-state index in [2.05, 4.69) is 4.90 Å². The molecule has 1 unspecified atom stereocenters. The average Bonchev–Trinajstić information content (AvgIpc) is 2.77. The van der Waals surface area contributed by atoms with Crippen molar-refractivity contribution in [3.63, 3.8) is 0 Å². The smallest absolute Gasteiger partial charge is 0.228 e. The van der Waals surface area contributed by atoms with Crippen molar-refractivity contribution < 1.29 is 14.3 Å². The highest BCUT2D eigenvalue weighted by molar-refractivity contribution is 5.80. The van der Waals surface area contributed by atoms with Gasteiger partial charge in [-0.2, -0.15) is 0 Å². The molecule has 2 amide bonds. The lowest BCUT2D eigenvalue weighted by molar-refractivity contribution is -0.135. The van der Waals surface area contributed by atoms with E-state index in [0.717, 1.165) is 18.8 Å². The summed E-state index contributed by atoms with van der Waals surface area (Å²) < 4.78 is 5.19. The Kier molecular flexibility index (Phi) is 6.20. The molecule has 0 saturated carbocycles. The fourth-order valence-electron chi connectivity index (χ4n) is 3.02. The van der Waals surface area contributed by atoms with Crippen LogP contribution in [-0.2, 0) is 16.1 Å². The predicted octanol–water partition coefficient (Wildman–Crippen LogP) is 1.06. The molecule has 1 aliphatic heterocycles. The molecule has 24 heavy (non-hydrogen) atoms. The Labute approximate surface area is 144 Å². The van der Waals surface area contributed by atoms with Gasteiger partial charge in [-0.3, -0.25) is 14.5 Å². The molecule has 0 radical (unpaired) electrons. The molecule has 132 valence electrons. The third-order valence-electron chi connectivity index (χ3n) is 4.41. The molecule has 1 atom stereocenters. The Morgan fingerprint density at radius 2 is 1.83 bits per heavy atom. The quantitative estimate of drug-likeness (QED) is 0.827. The van der Waals surface area contributed by atoms with E-state index in [-0.39, 0.29) is 17.7 Å². The van der Waals surface area contributed by atoms with Gasteiger partial charge >= 0.3 is 0 Å². The Hall–Kier alpha value is -2.08. The van der Waals surface area contributed by atoms with Gasteiger partial charge in [-0.05, 0) is 17.7 Å². The van der Waals surface area contributed by atoms with Crippen LogP contribution in [0.1, 0.15) is 12.5 Å². The van der Waals surface area contributed by atoms with Gasteiger partial charge in [-0.15, -0.1) is 0 Å². The molecular weight excluding hydrogens is 306 g/mol. The van der Waals surface area contributed by atoms with Crippen LogP contribution in [0.25, 0.3) is 0 Å². The molecule has 6 heteroatoms. The lowest BCUT2D eigenvalue weighted by atomic mass is 10.1. The summed E-state index contributed by atoms with van der Waals surface area (Å²) in [6.45, 7) is 4.90. The molecule has 0 N–H and O–H groups in total. The van der Waals surface area contributed by atoms with E-state index in [1.807, 2.05) is 24.3 Å². The van der Waals surface area contributed by atoms with Crippen LogP contribution in [0, 0.1) is 5.92 Å². The highest BCUT2D eigenvalue weighted by Gasteiger charge is 2.29. The van der Waals surface area contributed by atoms with Crippen LogP contribution in [0.2, 0.25) is 0 Å². The van der Waals surface area contributed by atoms with Crippen molar-refractivity contribution in [2.24, 2.45) is 5.92 Å². The molecule has 1 aliphatic rings. The topological polar surface area (TPSA) is 53.1 Å². The molecule has 1 heterocycles. The first-order valence-electron chi connectivity index (χ1n) is 8.22. The summed E-state index contributed by atoms with van der Waals surface area (Å²) in [5, 5.41) is 0. The number of hydrogen-bond donors (Lipinski definition) is 0. The molecule has 0 spiro atoms. The number of hydrogen-bond acceptors (Lipinski definition) is 4. The molecular formula is C18H27N3O3. The van der Waals surface area contributed by atoms with Gasteiger partial charge in [-0.1, -0.05) is 12.1 Å². The molecule has 1 aromatic rings. The Morgan fingerprint density at radius 1 is 1.17 bits per heavy atom. The van der Waals surface area contributed by atoms with Crippen molar-refractivity contribution in [2.45, 2.75) is 13.5 Å². The minimum atomic E-state index is -0.190. The Balaban J connectivity index is 2.10. The third-order valence-corrected chi connectivity index (χ3v) is 4.41. The van der Waals surface area contributed by atoms with Gasteiger partial charge in [0.25, 0.3) is 0 Å². The number of methoxy groups -OCH3 is 1. The summed E-state index contributed by atoms with van der Waals surface area (Å²) in [6.07, 6.45) is 0. The van der Waals surface area contributed by atoms with Gasteiger partial charge in [0.1, 0.15) is 5.75 Å². The van der Waals surface area contributed by atoms with Crippen LogP contribution in [0.3, 0.4) is 0 Å². The lowest BCUT2D eigenvalue weighted by Crippen LogP contribution is -2.41. The second-order valence-corrected chi connectivity index (χ2v) is 6.48. The van der Waals surface area contributed by atoms with Crippen LogP contribution < -0.4 is 4.74 Å². The van der Waals surface area contributed by atoms with E-state index < -0.39 is 0 Å². The van der Waals surface area contributed by atoms with Crippen molar-refractivity contribution in [1.82, 2.24) is 14.7 Å². The molecule has 0 bridgehead atoms. The monoisotopic (exact) mass is 333 g/mol. The fraction of sp³-hybridized carbons (Fsp3) is 0.556. The molecule has 2 rings (SSSR count). The van der Waals surface area contributed by atoms with Crippen molar-refractivity contribution in [1.29, 1.82) is 0 Å². The highest BCUT2D eigenvalue weighted by atomic mass is 16.5. The van der Waals surface area contributed by atoms with Crippen molar-refractivity contribution in [3.05, 3.63) is 29.8 Å². The fourth-order valence-corrected chi connectivity index (χ4v) is 3.02. The van der Waals surface area contributed by atoms with Gasteiger partial charge < -0.3 is 14.5 Å². The van der Waals surface area contributed by atoms with Crippen LogP contribution >= 0.6 is 0 Å². The summed E-state index contributed by atoms with van der Waals surface area (Å²) >= 11 is 0. The minimum Gasteiger partial charge on any atom is -0.497 e. The zero-order chi connectivity index (χ0) is 17.7. The first-order chi connectivity index (χ1) is 11.4. The number of rotatable bonds is 4. The van der Waals surface area contributed by atoms with E-state index in [4.69, 9.17) is 4.74 Å². The maximum atomic E-state index is 12.4. The standard InChI is InChI=1S/C18H27N3O3/c1-14(22)21-10-9-20(12-16(13-21)18(23)19(2)3)11-15-5-7-17(24-4)8-6-15/h5-8,16H,9-13H2,1-4H3. The molecule has 1 fully saturated rings. The number of carbonyl (C=O) groups is 2. The summed E-state index contributed by atoms with van der Waals surface area (Å²) in [5.74, 6) is 0.739. The normalized spacial score (nSPS) is 18.8. The largest absolute Gasteiger partial charge is 0.497 e. The second-order valence-electron chi connectivity index (χ2n) is 6.48. The van der Waals surface area contributed by atoms with E-state index in [1.54, 1.807) is 37.9 Å². The van der Waals surface area contributed by atoms with Crippen molar-refractivity contribution in [3.8, 4) is 5.75 Å². The minimum absolute atomic E-state index is 0.0258. The molecule has 6 nitrogen and oxygen atoms in total. The first-order valence-corrected chi connectivity index (χ1v) is 8.22. The van der Waals surface area contributed by atoms with E-state index in [0.29, 0.717) is 19.6 Å². The first kappa shape index (κ1) is 18.3. The van der Waals surface area contributed by atoms with E-state index in [9.17, 15) is 9.59 Å². The zero-order valence-electron chi connectivity index (χ0n) is 15.0. The van der Waals surface area contributed by atoms with E-state index >= 15 is 0 Å². The number of carbonyl (C=O) groups excluding carboxylic acids is 2. The number of amides is 2. The summed E-state index contributed by atoms with van der Waals surface area (Å²) in [7, 11) is 5.18. The number of nitrogens with zero attached hydrogens (tertiary/aromatic N) is 3. The highest BCUT2D eigenvalue weighted by Crippen LogP contribution is 2.17. The summed E-state index contributed by atoms with van der Waals surface area (Å²) in [6, 6.07) is 7.96. The lowest BCUT2D eigenvalue weighted by Gasteiger charge is -2.25. The van der Waals surface area contributed by atoms with Gasteiger partial charge in [0.05, 0.1) is 13.0 Å². The number of benzene rings is 1. The maximum absolute atomic E-state index is 12.4. The van der Waals surface area contributed by atoms with E-state index in [1.165, 1.54) is 5.56 Å². The Morgan fingerprint density at radius 3 is 2.38 bits per heavy atom. The van der Waals surface area contributed by atoms with Gasteiger partial charge in [-0.25, -0.2) is 0 Å². The average molecular weight is 333 g/mol. The molecule has 1 aromatic carbocycles. The predicted molar refractivity (Wildman–Crippen MR) is 92.7 cm³/mol. The van der Waals surface area contributed by atoms with Crippen LogP contribution in [0.15, 0.2) is 24.3 Å².